The van der Waals surface area contributed by atoms with Crippen molar-refractivity contribution in [2.75, 3.05) is 18.1 Å². The molecule has 4 atom stereocenters. The molecule has 3 heterocycles. The summed E-state index contributed by atoms with van der Waals surface area (Å²) in [7, 11) is 0. The van der Waals surface area contributed by atoms with Crippen LogP contribution in [0.15, 0.2) is 9.95 Å². The number of aliphatic carboxylic acids is 1. The number of aliphatic hydroxyl groups is 3. The molecule has 12 nitrogen and oxygen atoms in total. The summed E-state index contributed by atoms with van der Waals surface area (Å²) in [5.41, 5.74) is 4.66. The van der Waals surface area contributed by atoms with Gasteiger partial charge < -0.3 is 35.7 Å². The van der Waals surface area contributed by atoms with E-state index in [2.05, 4.69) is 15.0 Å². The number of hydrogen-bond acceptors (Lipinski definition) is 11. The van der Waals surface area contributed by atoms with Crippen LogP contribution in [0.4, 0.5) is 5.95 Å². The van der Waals surface area contributed by atoms with Crippen molar-refractivity contribution in [3.8, 4) is 0 Å². The fraction of sp³-hybridized carbons (Fsp3) is 0.500. The molecular weight excluding hydrogens is 358 g/mol. The Morgan fingerprint density at radius 1 is 1.40 bits per heavy atom. The number of carbonyl (C=O) groups excluding carboxylic acids is 1. The minimum atomic E-state index is -1.47. The highest BCUT2D eigenvalue weighted by Crippen LogP contribution is 2.35. The van der Waals surface area contributed by atoms with E-state index in [4.69, 9.17) is 10.5 Å². The maximum atomic E-state index is 12.0. The van der Waals surface area contributed by atoms with Gasteiger partial charge in [0.2, 0.25) is 5.95 Å². The Hall–Kier alpha value is -2.19. The number of nitrogens with two attached hydrogens (primary N) is 1. The first-order valence-corrected chi connectivity index (χ1v) is 8.05. The third kappa shape index (κ3) is 3.07. The number of nitrogens with zero attached hydrogens (tertiary/aromatic N) is 3. The van der Waals surface area contributed by atoms with Crippen LogP contribution < -0.4 is 16.4 Å². The van der Waals surface area contributed by atoms with E-state index in [9.17, 15) is 30.0 Å². The van der Waals surface area contributed by atoms with E-state index < -0.39 is 48.4 Å². The summed E-state index contributed by atoms with van der Waals surface area (Å²) in [4.78, 5) is 33.0. The Balaban J connectivity index is 2.15. The molecule has 0 aliphatic carbocycles. The summed E-state index contributed by atoms with van der Waals surface area (Å²) >= 11 is 0.715. The van der Waals surface area contributed by atoms with Gasteiger partial charge in [0.25, 0.3) is 5.56 Å². The smallest absolute Gasteiger partial charge is 0.280 e. The van der Waals surface area contributed by atoms with Gasteiger partial charge in [0.05, 0.1) is 12.6 Å². The van der Waals surface area contributed by atoms with Gasteiger partial charge >= 0.3 is 0 Å². The van der Waals surface area contributed by atoms with Crippen LogP contribution in [-0.4, -0.2) is 71.5 Å². The van der Waals surface area contributed by atoms with E-state index in [-0.39, 0.29) is 22.3 Å². The number of nitrogen functional groups attached to an aromatic ring is 1. The van der Waals surface area contributed by atoms with Gasteiger partial charge in [0, 0.05) is 5.75 Å². The molecule has 13 heteroatoms. The van der Waals surface area contributed by atoms with Crippen LogP contribution in [0, 0.1) is 0 Å². The standard InChI is InChI=1S/C12H15N5O7S/c13-11-15-8-5(9(23)16-11)14-12(25-2-4(19)20)17(8)10-7(22)6(21)3(1-18)24-10/h3,6-7,10,18,21-22H,1-2H2,(H,19,20)(H3,13,15,16,23)/p-1. The van der Waals surface area contributed by atoms with Crippen molar-refractivity contribution < 1.29 is 30.0 Å². The molecule has 0 aromatic carbocycles. The number of hydrogen-bond donors (Lipinski definition) is 5. The second kappa shape index (κ2) is 6.61. The lowest BCUT2D eigenvalue weighted by atomic mass is 10.1. The van der Waals surface area contributed by atoms with Gasteiger partial charge in [-0.15, -0.1) is 0 Å². The van der Waals surface area contributed by atoms with Gasteiger partial charge in [-0.25, -0.2) is 4.98 Å². The van der Waals surface area contributed by atoms with Crippen LogP contribution in [0.25, 0.3) is 11.2 Å². The second-order valence-corrected chi connectivity index (χ2v) is 6.22. The summed E-state index contributed by atoms with van der Waals surface area (Å²) in [5, 5.41) is 40.1. The number of aromatic amines is 1. The Morgan fingerprint density at radius 3 is 2.72 bits per heavy atom. The lowest BCUT2D eigenvalue weighted by Gasteiger charge is -2.19. The summed E-state index contributed by atoms with van der Waals surface area (Å²) in [6.45, 7) is -0.557. The number of aromatic nitrogens is 4. The molecule has 3 rings (SSSR count). The number of fused-ring (bicyclic) bond motifs is 1. The van der Waals surface area contributed by atoms with Crippen LogP contribution in [0.3, 0.4) is 0 Å². The number of imidazole rings is 1. The number of aliphatic hydroxyl groups excluding tert-OH is 3. The molecule has 2 aromatic heterocycles. The molecule has 4 unspecified atom stereocenters. The van der Waals surface area contributed by atoms with Gasteiger partial charge in [-0.2, -0.15) is 4.98 Å². The molecule has 6 N–H and O–H groups in total. The Bertz CT molecular complexity index is 867. The van der Waals surface area contributed by atoms with Crippen molar-refractivity contribution in [1.82, 2.24) is 19.5 Å². The maximum Gasteiger partial charge on any atom is 0.280 e. The summed E-state index contributed by atoms with van der Waals surface area (Å²) < 4.78 is 6.58. The van der Waals surface area contributed by atoms with E-state index in [1.165, 1.54) is 0 Å². The number of nitrogens with one attached hydrogen (secondary N) is 1. The summed E-state index contributed by atoms with van der Waals surface area (Å²) in [6.07, 6.45) is -5.20. The van der Waals surface area contributed by atoms with Gasteiger partial charge in [-0.3, -0.25) is 14.3 Å². The van der Waals surface area contributed by atoms with Crippen LogP contribution >= 0.6 is 11.8 Å². The van der Waals surface area contributed by atoms with Crippen LogP contribution in [0.1, 0.15) is 6.23 Å². The zero-order valence-corrected chi connectivity index (χ0v) is 13.3. The molecule has 1 fully saturated rings. The minimum absolute atomic E-state index is 0.00219. The molecule has 0 bridgehead atoms. The average Bonchev–Trinajstić information content (AvgIpc) is 3.04. The molecule has 0 spiro atoms. The van der Waals surface area contributed by atoms with E-state index in [0.717, 1.165) is 4.57 Å². The monoisotopic (exact) mass is 372 g/mol. The highest BCUT2D eigenvalue weighted by molar-refractivity contribution is 7.99. The topological polar surface area (TPSA) is 200 Å². The summed E-state index contributed by atoms with van der Waals surface area (Å²) in [5.74, 6) is -2.07. The second-order valence-electron chi connectivity index (χ2n) is 5.28. The Labute approximate surface area is 143 Å². The number of thioether (sulfide) groups is 1. The minimum Gasteiger partial charge on any atom is -0.549 e. The number of anilines is 1. The molecule has 1 aliphatic heterocycles. The predicted octanol–water partition coefficient (Wildman–Crippen LogP) is -3.84. The Kier molecular flexibility index (Phi) is 4.66. The molecule has 1 aliphatic rings. The third-order valence-electron chi connectivity index (χ3n) is 3.63. The molecule has 136 valence electrons. The quantitative estimate of drug-likeness (QED) is 0.322. The van der Waals surface area contributed by atoms with Crippen molar-refractivity contribution in [3.05, 3.63) is 10.4 Å². The number of carboxylic acid groups (broad SMARTS) is 1. The predicted molar refractivity (Wildman–Crippen MR) is 81.3 cm³/mol. The van der Waals surface area contributed by atoms with Crippen molar-refractivity contribution >= 4 is 34.8 Å². The molecule has 0 amide bonds. The highest BCUT2D eigenvalue weighted by Gasteiger charge is 2.45. The van der Waals surface area contributed by atoms with Gasteiger partial charge in [0.1, 0.15) is 18.3 Å². The van der Waals surface area contributed by atoms with E-state index in [1.54, 1.807) is 0 Å². The Morgan fingerprint density at radius 2 is 2.12 bits per heavy atom. The molecule has 0 radical (unpaired) electrons. The van der Waals surface area contributed by atoms with E-state index >= 15 is 0 Å². The number of carboxylic acids is 1. The van der Waals surface area contributed by atoms with Crippen molar-refractivity contribution in [1.29, 1.82) is 0 Å². The lowest BCUT2D eigenvalue weighted by molar-refractivity contribution is -0.301. The first-order chi connectivity index (χ1) is 11.8. The van der Waals surface area contributed by atoms with Crippen LogP contribution in [0.2, 0.25) is 0 Å². The van der Waals surface area contributed by atoms with Crippen molar-refractivity contribution in [2.24, 2.45) is 0 Å². The number of carbonyl (C=O) groups is 1. The van der Waals surface area contributed by atoms with E-state index in [0.29, 0.717) is 11.8 Å². The number of H-pyrrole nitrogens is 1. The molecular formula is C12H14N5O7S-. The average molecular weight is 372 g/mol. The highest BCUT2D eigenvalue weighted by atomic mass is 32.2. The maximum absolute atomic E-state index is 12.0. The molecule has 0 saturated carbocycles. The SMILES string of the molecule is Nc1nc2c(nc(SCC(=O)[O-])n2C2OC(CO)C(O)C2O)c(=O)[nH]1. The van der Waals surface area contributed by atoms with Crippen molar-refractivity contribution in [3.63, 3.8) is 0 Å². The van der Waals surface area contributed by atoms with Gasteiger partial charge in [0.15, 0.2) is 22.5 Å². The van der Waals surface area contributed by atoms with Gasteiger partial charge in [-0.1, -0.05) is 11.8 Å². The fourth-order valence-corrected chi connectivity index (χ4v) is 3.26. The first-order valence-electron chi connectivity index (χ1n) is 7.06. The van der Waals surface area contributed by atoms with Crippen LogP contribution in [0.5, 0.6) is 0 Å². The number of ether oxygens (including phenoxy) is 1. The lowest BCUT2D eigenvalue weighted by Crippen LogP contribution is -2.33. The first kappa shape index (κ1) is 17.6. The molecule has 1 saturated heterocycles. The third-order valence-corrected chi connectivity index (χ3v) is 4.55. The van der Waals surface area contributed by atoms with Gasteiger partial charge in [-0.05, 0) is 0 Å². The molecule has 25 heavy (non-hydrogen) atoms. The van der Waals surface area contributed by atoms with Crippen molar-refractivity contribution in [2.45, 2.75) is 29.7 Å². The largest absolute Gasteiger partial charge is 0.549 e. The zero-order valence-electron chi connectivity index (χ0n) is 12.5. The fourth-order valence-electron chi connectivity index (χ4n) is 2.53. The van der Waals surface area contributed by atoms with Crippen LogP contribution in [-0.2, 0) is 9.53 Å². The summed E-state index contributed by atoms with van der Waals surface area (Å²) in [6, 6.07) is 0. The zero-order chi connectivity index (χ0) is 18.3. The normalized spacial score (nSPS) is 26.4. The number of rotatable bonds is 5. The van der Waals surface area contributed by atoms with E-state index in [1.807, 2.05) is 0 Å². The molecule has 2 aromatic rings.